The van der Waals surface area contributed by atoms with Crippen LogP contribution in [0, 0.1) is 0 Å². The van der Waals surface area contributed by atoms with Gasteiger partial charge in [0.2, 0.25) is 5.91 Å². The van der Waals surface area contributed by atoms with E-state index >= 15 is 0 Å². The highest BCUT2D eigenvalue weighted by Gasteiger charge is 2.18. The van der Waals surface area contributed by atoms with E-state index in [1.807, 2.05) is 6.92 Å². The molecule has 1 amide bonds. The van der Waals surface area contributed by atoms with Crippen molar-refractivity contribution < 1.29 is 14.3 Å². The number of carbonyl (C=O) groups excluding carboxylic acids is 2. The molecule has 0 atom stereocenters. The molecular formula is C13H19N3O3. The van der Waals surface area contributed by atoms with Gasteiger partial charge in [0.1, 0.15) is 0 Å². The molecule has 0 saturated carbocycles. The molecule has 0 heterocycles. The molecule has 0 saturated heterocycles. The van der Waals surface area contributed by atoms with Gasteiger partial charge in [0.15, 0.2) is 0 Å². The maximum atomic E-state index is 11.7. The van der Waals surface area contributed by atoms with Gasteiger partial charge in [-0.15, -0.1) is 0 Å². The highest BCUT2D eigenvalue weighted by Crippen LogP contribution is 2.27. The van der Waals surface area contributed by atoms with E-state index in [4.69, 9.17) is 10.5 Å². The summed E-state index contributed by atoms with van der Waals surface area (Å²) in [6, 6.07) is 4.97. The highest BCUT2D eigenvalue weighted by atomic mass is 16.5. The Labute approximate surface area is 112 Å². The molecule has 0 aromatic heterocycles. The molecule has 0 radical (unpaired) electrons. The number of rotatable bonds is 5. The van der Waals surface area contributed by atoms with Gasteiger partial charge in [-0.3, -0.25) is 4.79 Å². The number of benzene rings is 1. The van der Waals surface area contributed by atoms with Crippen LogP contribution < -0.4 is 16.0 Å². The molecule has 1 aromatic carbocycles. The van der Waals surface area contributed by atoms with E-state index in [1.165, 1.54) is 7.11 Å². The molecule has 0 aliphatic carbocycles. The number of para-hydroxylation sites is 1. The average Bonchev–Trinajstić information content (AvgIpc) is 2.37. The van der Waals surface area contributed by atoms with E-state index in [-0.39, 0.29) is 12.5 Å². The first-order chi connectivity index (χ1) is 9.01. The second-order valence-electron chi connectivity index (χ2n) is 4.04. The van der Waals surface area contributed by atoms with Gasteiger partial charge < -0.3 is 20.7 Å². The Morgan fingerprint density at radius 3 is 2.68 bits per heavy atom. The van der Waals surface area contributed by atoms with Crippen molar-refractivity contribution in [3.05, 3.63) is 23.8 Å². The molecule has 0 unspecified atom stereocenters. The first-order valence-electron chi connectivity index (χ1n) is 5.95. The fourth-order valence-corrected chi connectivity index (χ4v) is 1.81. The molecule has 6 heteroatoms. The number of amides is 1. The topological polar surface area (TPSA) is 84.7 Å². The van der Waals surface area contributed by atoms with Crippen LogP contribution in [0.4, 0.5) is 11.4 Å². The molecule has 1 rings (SSSR count). The number of methoxy groups -OCH3 is 1. The van der Waals surface area contributed by atoms with Crippen molar-refractivity contribution in [2.24, 2.45) is 0 Å². The highest BCUT2D eigenvalue weighted by molar-refractivity contribution is 5.99. The predicted molar refractivity (Wildman–Crippen MR) is 74.1 cm³/mol. The van der Waals surface area contributed by atoms with Gasteiger partial charge in [0.25, 0.3) is 0 Å². The normalized spacial score (nSPS) is 9.84. The van der Waals surface area contributed by atoms with E-state index in [9.17, 15) is 9.59 Å². The molecule has 0 spiro atoms. The monoisotopic (exact) mass is 265 g/mol. The summed E-state index contributed by atoms with van der Waals surface area (Å²) < 4.78 is 4.71. The number of nitrogen functional groups attached to an aromatic ring is 1. The first kappa shape index (κ1) is 14.8. The number of ether oxygens (including phenoxy) is 1. The molecular weight excluding hydrogens is 246 g/mol. The number of nitrogens with two attached hydrogens (primary N) is 1. The van der Waals surface area contributed by atoms with Gasteiger partial charge in [0.05, 0.1) is 30.6 Å². The van der Waals surface area contributed by atoms with Crippen LogP contribution in [-0.4, -0.2) is 39.1 Å². The van der Waals surface area contributed by atoms with Gasteiger partial charge in [0, 0.05) is 13.6 Å². The Hall–Kier alpha value is -2.24. The quantitative estimate of drug-likeness (QED) is 0.602. The maximum absolute atomic E-state index is 11.7. The lowest BCUT2D eigenvalue weighted by molar-refractivity contribution is -0.119. The summed E-state index contributed by atoms with van der Waals surface area (Å²) in [7, 11) is 3.01. The van der Waals surface area contributed by atoms with E-state index in [2.05, 4.69) is 5.32 Å². The number of carbonyl (C=O) groups is 2. The number of nitrogens with one attached hydrogen (secondary N) is 1. The number of hydrogen-bond acceptors (Lipinski definition) is 5. The van der Waals surface area contributed by atoms with Crippen LogP contribution in [0.15, 0.2) is 18.2 Å². The molecule has 104 valence electrons. The lowest BCUT2D eigenvalue weighted by Gasteiger charge is -2.22. The molecule has 19 heavy (non-hydrogen) atoms. The van der Waals surface area contributed by atoms with Crippen LogP contribution in [0.25, 0.3) is 0 Å². The third-order valence-corrected chi connectivity index (χ3v) is 2.61. The third-order valence-electron chi connectivity index (χ3n) is 2.61. The second kappa shape index (κ2) is 6.63. The Morgan fingerprint density at radius 2 is 2.11 bits per heavy atom. The van der Waals surface area contributed by atoms with Gasteiger partial charge >= 0.3 is 5.97 Å². The predicted octanol–water partition coefficient (Wildman–Crippen LogP) is 0.628. The molecule has 3 N–H and O–H groups in total. The van der Waals surface area contributed by atoms with Crippen LogP contribution >= 0.6 is 0 Å². The SMILES string of the molecule is CCNC(=O)CN(C)c1c(N)cccc1C(=O)OC. The fourth-order valence-electron chi connectivity index (χ4n) is 1.81. The van der Waals surface area contributed by atoms with Crippen molar-refractivity contribution in [2.75, 3.05) is 37.9 Å². The van der Waals surface area contributed by atoms with Crippen LogP contribution in [0.2, 0.25) is 0 Å². The minimum absolute atomic E-state index is 0.117. The molecule has 0 aliphatic rings. The van der Waals surface area contributed by atoms with E-state index in [0.717, 1.165) is 0 Å². The Kier molecular flexibility index (Phi) is 5.17. The van der Waals surface area contributed by atoms with E-state index in [1.54, 1.807) is 30.1 Å². The number of esters is 1. The zero-order valence-corrected chi connectivity index (χ0v) is 11.4. The fraction of sp³-hybridized carbons (Fsp3) is 0.385. The van der Waals surface area contributed by atoms with Crippen molar-refractivity contribution in [2.45, 2.75) is 6.92 Å². The number of likely N-dealkylation sites (N-methyl/N-ethyl adjacent to an activating group) is 2. The standard InChI is InChI=1S/C13H19N3O3/c1-4-15-11(17)8-16(2)12-9(13(18)19-3)6-5-7-10(12)14/h5-7H,4,8,14H2,1-3H3,(H,15,17). The zero-order valence-electron chi connectivity index (χ0n) is 11.4. The van der Waals surface area contributed by atoms with Crippen LogP contribution in [0.5, 0.6) is 0 Å². The smallest absolute Gasteiger partial charge is 0.340 e. The third kappa shape index (κ3) is 3.61. The number of nitrogens with zero attached hydrogens (tertiary/aromatic N) is 1. The van der Waals surface area contributed by atoms with Crippen molar-refractivity contribution >= 4 is 23.3 Å². The summed E-state index contributed by atoms with van der Waals surface area (Å²) in [6.45, 7) is 2.52. The van der Waals surface area contributed by atoms with Crippen molar-refractivity contribution in [3.63, 3.8) is 0 Å². The Bertz CT molecular complexity index is 474. The second-order valence-corrected chi connectivity index (χ2v) is 4.04. The largest absolute Gasteiger partial charge is 0.465 e. The summed E-state index contributed by atoms with van der Waals surface area (Å²) >= 11 is 0. The Balaban J connectivity index is 3.04. The minimum Gasteiger partial charge on any atom is -0.465 e. The summed E-state index contributed by atoms with van der Waals surface area (Å²) in [5, 5.41) is 2.69. The van der Waals surface area contributed by atoms with Crippen LogP contribution in [-0.2, 0) is 9.53 Å². The van der Waals surface area contributed by atoms with Gasteiger partial charge in [-0.2, -0.15) is 0 Å². The molecule has 1 aromatic rings. The van der Waals surface area contributed by atoms with E-state index in [0.29, 0.717) is 23.5 Å². The first-order valence-corrected chi connectivity index (χ1v) is 5.95. The van der Waals surface area contributed by atoms with Crippen molar-refractivity contribution in [3.8, 4) is 0 Å². The maximum Gasteiger partial charge on any atom is 0.340 e. The minimum atomic E-state index is -0.481. The Morgan fingerprint density at radius 1 is 1.42 bits per heavy atom. The average molecular weight is 265 g/mol. The van der Waals surface area contributed by atoms with Gasteiger partial charge in [-0.05, 0) is 19.1 Å². The summed E-state index contributed by atoms with van der Waals surface area (Å²) in [5.74, 6) is -0.617. The number of anilines is 2. The summed E-state index contributed by atoms with van der Waals surface area (Å²) in [4.78, 5) is 24.9. The van der Waals surface area contributed by atoms with Gasteiger partial charge in [-0.1, -0.05) is 6.07 Å². The van der Waals surface area contributed by atoms with Crippen molar-refractivity contribution in [1.29, 1.82) is 0 Å². The van der Waals surface area contributed by atoms with Gasteiger partial charge in [-0.25, -0.2) is 4.79 Å². The summed E-state index contributed by atoms with van der Waals surface area (Å²) in [5.41, 5.74) is 7.15. The zero-order chi connectivity index (χ0) is 14.4. The van der Waals surface area contributed by atoms with Crippen LogP contribution in [0.3, 0.4) is 0 Å². The van der Waals surface area contributed by atoms with Crippen LogP contribution in [0.1, 0.15) is 17.3 Å². The lowest BCUT2D eigenvalue weighted by atomic mass is 10.1. The van der Waals surface area contributed by atoms with Crippen molar-refractivity contribution in [1.82, 2.24) is 5.32 Å². The molecule has 0 fully saturated rings. The molecule has 6 nitrogen and oxygen atoms in total. The molecule has 0 aliphatic heterocycles. The lowest BCUT2D eigenvalue weighted by Crippen LogP contribution is -2.36. The molecule has 0 bridgehead atoms. The number of hydrogen-bond donors (Lipinski definition) is 2. The van der Waals surface area contributed by atoms with E-state index < -0.39 is 5.97 Å². The summed E-state index contributed by atoms with van der Waals surface area (Å²) in [6.07, 6.45) is 0.